The predicted molar refractivity (Wildman–Crippen MR) is 112 cm³/mol. The van der Waals surface area contributed by atoms with Crippen LogP contribution in [0.5, 0.6) is 0 Å². The van der Waals surface area contributed by atoms with Gasteiger partial charge in [0, 0.05) is 6.42 Å². The lowest BCUT2D eigenvalue weighted by atomic mass is 9.92. The Morgan fingerprint density at radius 3 is 1.70 bits per heavy atom. The highest BCUT2D eigenvalue weighted by molar-refractivity contribution is 5.99. The maximum atomic E-state index is 12.4. The van der Waals surface area contributed by atoms with E-state index in [1.807, 2.05) is 0 Å². The first kappa shape index (κ1) is 26.1. The molecule has 0 aromatic rings. The van der Waals surface area contributed by atoms with Gasteiger partial charge in [0.25, 0.3) is 0 Å². The third-order valence-electron chi connectivity index (χ3n) is 5.30. The number of aliphatic hydroxyl groups is 1. The molecule has 4 heteroatoms. The van der Waals surface area contributed by atoms with Crippen molar-refractivity contribution in [2.45, 2.75) is 123 Å². The van der Waals surface area contributed by atoms with Gasteiger partial charge in [-0.15, -0.1) is 0 Å². The molecule has 0 spiro atoms. The average molecular weight is 385 g/mol. The minimum absolute atomic E-state index is 0.0740. The fourth-order valence-corrected chi connectivity index (χ4v) is 3.49. The van der Waals surface area contributed by atoms with E-state index in [-0.39, 0.29) is 12.2 Å². The number of unbranched alkanes of at least 4 members (excludes halogenated alkanes) is 11. The molecule has 2 unspecified atom stereocenters. The topological polar surface area (TPSA) is 63.6 Å². The lowest BCUT2D eigenvalue weighted by Crippen LogP contribution is -2.28. The van der Waals surface area contributed by atoms with Crippen LogP contribution in [0.2, 0.25) is 0 Å². The number of esters is 1. The molecule has 4 nitrogen and oxygen atoms in total. The molecule has 0 aliphatic rings. The van der Waals surface area contributed by atoms with Gasteiger partial charge in [0.1, 0.15) is 11.7 Å². The highest BCUT2D eigenvalue weighted by Gasteiger charge is 2.28. The monoisotopic (exact) mass is 384 g/mol. The van der Waals surface area contributed by atoms with E-state index in [0.29, 0.717) is 12.8 Å². The first-order valence-corrected chi connectivity index (χ1v) is 11.3. The van der Waals surface area contributed by atoms with Gasteiger partial charge in [-0.2, -0.15) is 0 Å². The zero-order chi connectivity index (χ0) is 20.3. The van der Waals surface area contributed by atoms with E-state index in [9.17, 15) is 14.7 Å². The van der Waals surface area contributed by atoms with Crippen molar-refractivity contribution >= 4 is 11.8 Å². The second-order valence-corrected chi connectivity index (χ2v) is 7.87. The summed E-state index contributed by atoms with van der Waals surface area (Å²) in [5.41, 5.74) is 0. The zero-order valence-corrected chi connectivity index (χ0v) is 18.1. The third kappa shape index (κ3) is 14.8. The molecule has 0 aliphatic carbocycles. The Balaban J connectivity index is 3.94. The van der Waals surface area contributed by atoms with E-state index in [1.165, 1.54) is 52.1 Å². The number of hydrogen-bond donors (Lipinski definition) is 1. The number of ether oxygens (including phenoxy) is 1. The highest BCUT2D eigenvalue weighted by atomic mass is 16.5. The van der Waals surface area contributed by atoms with Crippen LogP contribution >= 0.6 is 0 Å². The van der Waals surface area contributed by atoms with Crippen molar-refractivity contribution in [2.24, 2.45) is 5.92 Å². The van der Waals surface area contributed by atoms with Crippen molar-refractivity contribution in [1.29, 1.82) is 0 Å². The summed E-state index contributed by atoms with van der Waals surface area (Å²) in [4.78, 5) is 24.3. The van der Waals surface area contributed by atoms with Crippen LogP contribution in [-0.2, 0) is 14.3 Å². The van der Waals surface area contributed by atoms with Crippen molar-refractivity contribution < 1.29 is 19.4 Å². The van der Waals surface area contributed by atoms with Gasteiger partial charge in [-0.05, 0) is 12.8 Å². The van der Waals surface area contributed by atoms with Crippen molar-refractivity contribution in [3.8, 4) is 0 Å². The van der Waals surface area contributed by atoms with Gasteiger partial charge in [-0.25, -0.2) is 0 Å². The lowest BCUT2D eigenvalue weighted by molar-refractivity contribution is -0.150. The predicted octanol–water partition coefficient (Wildman–Crippen LogP) is 5.99. The molecular weight excluding hydrogens is 340 g/mol. The Morgan fingerprint density at radius 1 is 0.741 bits per heavy atom. The van der Waals surface area contributed by atoms with Gasteiger partial charge in [-0.1, -0.05) is 97.3 Å². The van der Waals surface area contributed by atoms with Crippen LogP contribution in [0.4, 0.5) is 0 Å². The van der Waals surface area contributed by atoms with Gasteiger partial charge in [0.15, 0.2) is 0 Å². The average Bonchev–Trinajstić information content (AvgIpc) is 2.66. The maximum absolute atomic E-state index is 12.4. The van der Waals surface area contributed by atoms with E-state index in [0.717, 1.165) is 38.5 Å². The van der Waals surface area contributed by atoms with Crippen LogP contribution in [0.1, 0.15) is 117 Å². The summed E-state index contributed by atoms with van der Waals surface area (Å²) in [6.07, 6.45) is 15.9. The normalized spacial score (nSPS) is 13.3. The zero-order valence-electron chi connectivity index (χ0n) is 18.1. The quantitative estimate of drug-likeness (QED) is 0.169. The smallest absolute Gasteiger partial charge is 0.316 e. The van der Waals surface area contributed by atoms with E-state index < -0.39 is 18.0 Å². The van der Waals surface area contributed by atoms with Crippen molar-refractivity contribution in [2.75, 3.05) is 7.11 Å². The number of ketones is 1. The van der Waals surface area contributed by atoms with Crippen LogP contribution in [0.15, 0.2) is 0 Å². The molecule has 1 N–H and O–H groups in total. The number of hydrogen-bond acceptors (Lipinski definition) is 4. The molecule has 0 fully saturated rings. The van der Waals surface area contributed by atoms with Crippen LogP contribution in [0.3, 0.4) is 0 Å². The van der Waals surface area contributed by atoms with Crippen molar-refractivity contribution in [3.05, 3.63) is 0 Å². The lowest BCUT2D eigenvalue weighted by Gasteiger charge is -2.16. The molecule has 27 heavy (non-hydrogen) atoms. The molecule has 0 aliphatic heterocycles. The van der Waals surface area contributed by atoms with Gasteiger partial charge in [0.2, 0.25) is 0 Å². The molecule has 2 atom stereocenters. The molecular formula is C23H44O4. The number of carbonyl (C=O) groups excluding carboxylic acids is 2. The van der Waals surface area contributed by atoms with E-state index in [1.54, 1.807) is 0 Å². The van der Waals surface area contributed by atoms with Gasteiger partial charge in [-0.3, -0.25) is 9.59 Å². The van der Waals surface area contributed by atoms with Crippen LogP contribution in [0.25, 0.3) is 0 Å². The number of methoxy groups -OCH3 is 1. The Bertz CT molecular complexity index is 367. The van der Waals surface area contributed by atoms with Crippen molar-refractivity contribution in [1.82, 2.24) is 0 Å². The van der Waals surface area contributed by atoms with Gasteiger partial charge >= 0.3 is 5.97 Å². The highest BCUT2D eigenvalue weighted by Crippen LogP contribution is 2.18. The first-order valence-electron chi connectivity index (χ1n) is 11.3. The van der Waals surface area contributed by atoms with E-state index >= 15 is 0 Å². The molecule has 0 rings (SSSR count). The van der Waals surface area contributed by atoms with Gasteiger partial charge in [0.05, 0.1) is 13.2 Å². The van der Waals surface area contributed by atoms with Crippen LogP contribution < -0.4 is 0 Å². The number of aliphatic hydroxyl groups excluding tert-OH is 1. The molecule has 0 aromatic heterocycles. The van der Waals surface area contributed by atoms with Crippen LogP contribution in [0, 0.1) is 5.92 Å². The molecule has 160 valence electrons. The third-order valence-corrected chi connectivity index (χ3v) is 5.30. The molecule has 0 bridgehead atoms. The summed E-state index contributed by atoms with van der Waals surface area (Å²) in [6, 6.07) is 0. The minimum atomic E-state index is -0.704. The summed E-state index contributed by atoms with van der Waals surface area (Å²) in [6.45, 7) is 4.36. The Hall–Kier alpha value is -0.900. The summed E-state index contributed by atoms with van der Waals surface area (Å²) in [5, 5.41) is 10.2. The molecule has 0 saturated heterocycles. The molecule has 0 aromatic carbocycles. The maximum Gasteiger partial charge on any atom is 0.316 e. The summed E-state index contributed by atoms with van der Waals surface area (Å²) < 4.78 is 4.79. The first-order chi connectivity index (χ1) is 13.1. The summed E-state index contributed by atoms with van der Waals surface area (Å²) in [7, 11) is 1.33. The number of carbonyl (C=O) groups is 2. The number of rotatable bonds is 19. The second kappa shape index (κ2) is 18.5. The summed E-state index contributed by atoms with van der Waals surface area (Å²) in [5.74, 6) is -1.32. The van der Waals surface area contributed by atoms with Crippen molar-refractivity contribution in [3.63, 3.8) is 0 Å². The molecule has 0 amide bonds. The number of Topliss-reactive ketones (excluding diaryl/α,β-unsaturated/α-hetero) is 1. The molecule has 0 saturated carbocycles. The van der Waals surface area contributed by atoms with Crippen LogP contribution in [-0.4, -0.2) is 30.1 Å². The summed E-state index contributed by atoms with van der Waals surface area (Å²) >= 11 is 0. The fraction of sp³-hybridized carbons (Fsp3) is 0.913. The molecule has 0 radical (unpaired) electrons. The SMILES string of the molecule is CCCCCCCCCCCC(O)CC(=O)C(CCCCCC)C(=O)OC. The molecule has 0 heterocycles. The standard InChI is InChI=1S/C23H44O4/c1-4-6-8-10-11-12-13-14-15-17-20(24)19-22(25)21(23(26)27-3)18-16-9-7-5-2/h20-21,24H,4-19H2,1-3H3. The van der Waals surface area contributed by atoms with Gasteiger partial charge < -0.3 is 9.84 Å². The van der Waals surface area contributed by atoms with E-state index in [4.69, 9.17) is 4.74 Å². The minimum Gasteiger partial charge on any atom is -0.468 e. The Kier molecular flexibility index (Phi) is 17.8. The fourth-order valence-electron chi connectivity index (χ4n) is 3.49. The Labute approximate surface area is 167 Å². The second-order valence-electron chi connectivity index (χ2n) is 7.87. The van der Waals surface area contributed by atoms with E-state index in [2.05, 4.69) is 13.8 Å². The largest absolute Gasteiger partial charge is 0.468 e. The Morgan fingerprint density at radius 2 is 1.19 bits per heavy atom.